The number of phenolic OH excluding ortho intramolecular Hbond substituents is 1. The van der Waals surface area contributed by atoms with E-state index in [0.29, 0.717) is 12.8 Å². The molecular weight excluding hydrogens is 257 g/mol. The van der Waals surface area contributed by atoms with Gasteiger partial charge in [-0.2, -0.15) is 0 Å². The van der Waals surface area contributed by atoms with E-state index in [0.717, 1.165) is 37.5 Å². The summed E-state index contributed by atoms with van der Waals surface area (Å²) in [5, 5.41) is 9.05. The molecule has 0 spiro atoms. The lowest BCUT2D eigenvalue weighted by molar-refractivity contribution is 0.474. The number of halogens is 1. The SMILES string of the molecule is O=S(=O)(Nc1cc(F)ccc1O)C1CCCCC1. The molecule has 0 aromatic heterocycles. The monoisotopic (exact) mass is 273 g/mol. The summed E-state index contributed by atoms with van der Waals surface area (Å²) in [7, 11) is -3.55. The molecule has 4 nitrogen and oxygen atoms in total. The molecule has 0 heterocycles. The Bertz CT molecular complexity index is 524. The van der Waals surface area contributed by atoms with Crippen molar-refractivity contribution < 1.29 is 17.9 Å². The van der Waals surface area contributed by atoms with Crippen LogP contribution in [0.15, 0.2) is 18.2 Å². The highest BCUT2D eigenvalue weighted by molar-refractivity contribution is 7.93. The summed E-state index contributed by atoms with van der Waals surface area (Å²) >= 11 is 0. The van der Waals surface area contributed by atoms with Crippen LogP contribution in [-0.2, 0) is 10.0 Å². The molecule has 2 rings (SSSR count). The smallest absolute Gasteiger partial charge is 0.235 e. The second-order valence-corrected chi connectivity index (χ2v) is 6.53. The van der Waals surface area contributed by atoms with Gasteiger partial charge >= 0.3 is 0 Å². The number of aromatic hydroxyl groups is 1. The Morgan fingerprint density at radius 3 is 2.56 bits per heavy atom. The molecule has 0 aliphatic heterocycles. The summed E-state index contributed by atoms with van der Waals surface area (Å²) in [6, 6.07) is 3.19. The van der Waals surface area contributed by atoms with Crippen LogP contribution in [0.25, 0.3) is 0 Å². The minimum atomic E-state index is -3.55. The summed E-state index contributed by atoms with van der Waals surface area (Å²) in [5.74, 6) is -0.857. The minimum Gasteiger partial charge on any atom is -0.506 e. The van der Waals surface area contributed by atoms with E-state index in [4.69, 9.17) is 0 Å². The van der Waals surface area contributed by atoms with Gasteiger partial charge < -0.3 is 5.11 Å². The van der Waals surface area contributed by atoms with Crippen molar-refractivity contribution in [1.82, 2.24) is 0 Å². The minimum absolute atomic E-state index is 0.0967. The second-order valence-electron chi connectivity index (χ2n) is 4.57. The Labute approximate surface area is 106 Å². The van der Waals surface area contributed by atoms with Crippen LogP contribution in [0.1, 0.15) is 32.1 Å². The van der Waals surface area contributed by atoms with Crippen molar-refractivity contribution in [2.75, 3.05) is 4.72 Å². The van der Waals surface area contributed by atoms with E-state index in [1.165, 1.54) is 0 Å². The first-order valence-corrected chi connectivity index (χ1v) is 7.54. The highest BCUT2D eigenvalue weighted by Gasteiger charge is 2.27. The van der Waals surface area contributed by atoms with Crippen molar-refractivity contribution in [3.63, 3.8) is 0 Å². The number of sulfonamides is 1. The average molecular weight is 273 g/mol. The fraction of sp³-hybridized carbons (Fsp3) is 0.500. The lowest BCUT2D eigenvalue weighted by Crippen LogP contribution is -2.29. The van der Waals surface area contributed by atoms with Crippen LogP contribution < -0.4 is 4.72 Å². The summed E-state index contributed by atoms with van der Waals surface area (Å²) < 4.78 is 39.4. The third kappa shape index (κ3) is 2.93. The van der Waals surface area contributed by atoms with Gasteiger partial charge in [0.1, 0.15) is 11.6 Å². The molecule has 1 aliphatic carbocycles. The molecule has 6 heteroatoms. The van der Waals surface area contributed by atoms with E-state index in [2.05, 4.69) is 4.72 Å². The third-order valence-corrected chi connectivity index (χ3v) is 5.06. The van der Waals surface area contributed by atoms with Gasteiger partial charge in [0, 0.05) is 6.07 Å². The number of hydrogen-bond donors (Lipinski definition) is 2. The molecule has 100 valence electrons. The van der Waals surface area contributed by atoms with Gasteiger partial charge in [-0.15, -0.1) is 0 Å². The molecule has 0 bridgehead atoms. The molecular formula is C12H16FNO3S. The highest BCUT2D eigenvalue weighted by Crippen LogP contribution is 2.29. The molecule has 2 N–H and O–H groups in total. The Morgan fingerprint density at radius 2 is 1.89 bits per heavy atom. The average Bonchev–Trinajstić information content (AvgIpc) is 2.35. The Hall–Kier alpha value is -1.30. The van der Waals surface area contributed by atoms with Gasteiger partial charge in [-0.3, -0.25) is 4.72 Å². The molecule has 1 aromatic carbocycles. The topological polar surface area (TPSA) is 66.4 Å². The first-order valence-electron chi connectivity index (χ1n) is 5.99. The molecule has 18 heavy (non-hydrogen) atoms. The normalized spacial score (nSPS) is 17.6. The maximum Gasteiger partial charge on any atom is 0.235 e. The molecule has 1 saturated carbocycles. The van der Waals surface area contributed by atoms with Gasteiger partial charge in [-0.25, -0.2) is 12.8 Å². The van der Waals surface area contributed by atoms with Crippen molar-refractivity contribution in [2.45, 2.75) is 37.4 Å². The predicted octanol–water partition coefficient (Wildman–Crippen LogP) is 2.61. The van der Waals surface area contributed by atoms with E-state index in [-0.39, 0.29) is 11.4 Å². The molecule has 0 saturated heterocycles. The summed E-state index contributed by atoms with van der Waals surface area (Å²) in [5.41, 5.74) is -0.0967. The second kappa shape index (κ2) is 5.14. The molecule has 1 fully saturated rings. The van der Waals surface area contributed by atoms with Crippen molar-refractivity contribution in [1.29, 1.82) is 0 Å². The van der Waals surface area contributed by atoms with Crippen molar-refractivity contribution in [3.05, 3.63) is 24.0 Å². The fourth-order valence-electron chi connectivity index (χ4n) is 2.20. The van der Waals surface area contributed by atoms with Crippen LogP contribution in [0.3, 0.4) is 0 Å². The van der Waals surface area contributed by atoms with Crippen LogP contribution in [0.5, 0.6) is 5.75 Å². The molecule has 0 radical (unpaired) electrons. The van der Waals surface area contributed by atoms with Crippen molar-refractivity contribution >= 4 is 15.7 Å². The highest BCUT2D eigenvalue weighted by atomic mass is 32.2. The first kappa shape index (κ1) is 13.1. The Kier molecular flexibility index (Phi) is 3.75. The standard InChI is InChI=1S/C12H16FNO3S/c13-9-6-7-12(15)11(8-9)14-18(16,17)10-4-2-1-3-5-10/h6-8,10,14-15H,1-5H2. The molecule has 1 aromatic rings. The van der Waals surface area contributed by atoms with E-state index < -0.39 is 21.1 Å². The zero-order valence-corrected chi connectivity index (χ0v) is 10.7. The number of anilines is 1. The Balaban J connectivity index is 2.18. The van der Waals surface area contributed by atoms with E-state index >= 15 is 0 Å². The quantitative estimate of drug-likeness (QED) is 0.832. The van der Waals surface area contributed by atoms with Gasteiger partial charge in [0.15, 0.2) is 0 Å². The van der Waals surface area contributed by atoms with Gasteiger partial charge in [0.2, 0.25) is 10.0 Å². The number of nitrogens with one attached hydrogen (secondary N) is 1. The van der Waals surface area contributed by atoms with E-state index in [1.54, 1.807) is 0 Å². The zero-order valence-electron chi connectivity index (χ0n) is 9.89. The number of benzene rings is 1. The molecule has 0 atom stereocenters. The maximum atomic E-state index is 13.0. The van der Waals surface area contributed by atoms with Crippen LogP contribution in [0, 0.1) is 5.82 Å². The maximum absolute atomic E-state index is 13.0. The van der Waals surface area contributed by atoms with E-state index in [9.17, 15) is 17.9 Å². The van der Waals surface area contributed by atoms with Gasteiger partial charge in [0.05, 0.1) is 10.9 Å². The Morgan fingerprint density at radius 1 is 1.22 bits per heavy atom. The molecule has 0 unspecified atom stereocenters. The summed E-state index contributed by atoms with van der Waals surface area (Å²) in [6.07, 6.45) is 4.06. The third-order valence-electron chi connectivity index (χ3n) is 3.20. The van der Waals surface area contributed by atoms with Crippen LogP contribution in [-0.4, -0.2) is 18.8 Å². The van der Waals surface area contributed by atoms with Gasteiger partial charge in [-0.05, 0) is 25.0 Å². The molecule has 1 aliphatic rings. The number of rotatable bonds is 3. The largest absolute Gasteiger partial charge is 0.506 e. The van der Waals surface area contributed by atoms with Gasteiger partial charge in [0.25, 0.3) is 0 Å². The number of hydrogen-bond acceptors (Lipinski definition) is 3. The predicted molar refractivity (Wildman–Crippen MR) is 67.5 cm³/mol. The fourth-order valence-corrected chi connectivity index (χ4v) is 3.79. The van der Waals surface area contributed by atoms with Crippen LogP contribution in [0.4, 0.5) is 10.1 Å². The number of phenols is 1. The van der Waals surface area contributed by atoms with Crippen molar-refractivity contribution in [2.24, 2.45) is 0 Å². The zero-order chi connectivity index (χ0) is 13.2. The lowest BCUT2D eigenvalue weighted by atomic mass is 10.0. The summed E-state index contributed by atoms with van der Waals surface area (Å²) in [4.78, 5) is 0. The first-order chi connectivity index (χ1) is 8.49. The summed E-state index contributed by atoms with van der Waals surface area (Å²) in [6.45, 7) is 0. The van der Waals surface area contributed by atoms with Gasteiger partial charge in [-0.1, -0.05) is 19.3 Å². The van der Waals surface area contributed by atoms with Crippen LogP contribution in [0.2, 0.25) is 0 Å². The van der Waals surface area contributed by atoms with E-state index in [1.807, 2.05) is 0 Å². The lowest BCUT2D eigenvalue weighted by Gasteiger charge is -2.22. The van der Waals surface area contributed by atoms with Crippen molar-refractivity contribution in [3.8, 4) is 5.75 Å². The molecule has 0 amide bonds. The van der Waals surface area contributed by atoms with Crippen LogP contribution >= 0.6 is 0 Å².